The minimum absolute atomic E-state index is 0.0624. The van der Waals surface area contributed by atoms with Crippen LogP contribution in [0.25, 0.3) is 0 Å². The summed E-state index contributed by atoms with van der Waals surface area (Å²) in [6, 6.07) is 0. The third kappa shape index (κ3) is 59.3. The summed E-state index contributed by atoms with van der Waals surface area (Å²) in [7, 11) is 0. The zero-order valence-electron chi connectivity index (χ0n) is 49.7. The Labute approximate surface area is 450 Å². The monoisotopic (exact) mass is 1020 g/mol. The molecule has 0 rings (SSSR count). The van der Waals surface area contributed by atoms with Gasteiger partial charge in [0.25, 0.3) is 0 Å². The van der Waals surface area contributed by atoms with Crippen molar-refractivity contribution in [3.8, 4) is 0 Å². The SMILES string of the molecule is CC(C)CCCCCCCCCCCCCCCCCCCCC(=O)OC[C@H](COC(=O)CCCCCCCCCCCCCCC(C)C)OC(=O)CCCCCCCCCCCCCCCCCC(C)C. The summed E-state index contributed by atoms with van der Waals surface area (Å²) >= 11 is 0. The highest BCUT2D eigenvalue weighted by Gasteiger charge is 2.19. The molecule has 0 aliphatic carbocycles. The summed E-state index contributed by atoms with van der Waals surface area (Å²) in [6.07, 6.45) is 62.5. The van der Waals surface area contributed by atoms with Gasteiger partial charge in [0.2, 0.25) is 0 Å². The van der Waals surface area contributed by atoms with Gasteiger partial charge in [-0.1, -0.05) is 330 Å². The summed E-state index contributed by atoms with van der Waals surface area (Å²) in [5, 5.41) is 0. The van der Waals surface area contributed by atoms with Crippen molar-refractivity contribution in [1.29, 1.82) is 0 Å². The van der Waals surface area contributed by atoms with Crippen LogP contribution in [0, 0.1) is 17.8 Å². The zero-order chi connectivity index (χ0) is 52.6. The molecule has 6 nitrogen and oxygen atoms in total. The first-order valence-electron chi connectivity index (χ1n) is 32.6. The summed E-state index contributed by atoms with van der Waals surface area (Å²) in [5.41, 5.74) is 0. The highest BCUT2D eigenvalue weighted by Crippen LogP contribution is 2.19. The fourth-order valence-electron chi connectivity index (χ4n) is 10.2. The van der Waals surface area contributed by atoms with Gasteiger partial charge in [-0.25, -0.2) is 0 Å². The molecule has 0 aliphatic heterocycles. The van der Waals surface area contributed by atoms with Gasteiger partial charge in [0.1, 0.15) is 13.2 Å². The molecular weight excluding hydrogens is 889 g/mol. The smallest absolute Gasteiger partial charge is 0.306 e. The Balaban J connectivity index is 4.27. The van der Waals surface area contributed by atoms with Crippen molar-refractivity contribution in [2.24, 2.45) is 17.8 Å². The van der Waals surface area contributed by atoms with Gasteiger partial charge in [-0.05, 0) is 37.0 Å². The molecule has 6 heteroatoms. The van der Waals surface area contributed by atoms with E-state index in [1.807, 2.05) is 0 Å². The van der Waals surface area contributed by atoms with Crippen LogP contribution in [0.5, 0.6) is 0 Å². The minimum atomic E-state index is -0.765. The maximum absolute atomic E-state index is 12.9. The third-order valence-corrected chi connectivity index (χ3v) is 15.1. The van der Waals surface area contributed by atoms with Crippen molar-refractivity contribution < 1.29 is 28.6 Å². The van der Waals surface area contributed by atoms with Gasteiger partial charge < -0.3 is 14.2 Å². The summed E-state index contributed by atoms with van der Waals surface area (Å²) in [6.45, 7) is 13.8. The van der Waals surface area contributed by atoms with Crippen molar-refractivity contribution in [3.63, 3.8) is 0 Å². The molecule has 0 fully saturated rings. The summed E-state index contributed by atoms with van der Waals surface area (Å²) in [4.78, 5) is 38.3. The third-order valence-electron chi connectivity index (χ3n) is 15.1. The average Bonchev–Trinajstić information content (AvgIpc) is 3.34. The molecule has 0 N–H and O–H groups in total. The van der Waals surface area contributed by atoms with Crippen LogP contribution >= 0.6 is 0 Å². The van der Waals surface area contributed by atoms with E-state index in [1.54, 1.807) is 0 Å². The Hall–Kier alpha value is -1.59. The molecule has 0 saturated carbocycles. The first kappa shape index (κ1) is 70.4. The predicted molar refractivity (Wildman–Crippen MR) is 312 cm³/mol. The van der Waals surface area contributed by atoms with Crippen LogP contribution in [0.4, 0.5) is 0 Å². The van der Waals surface area contributed by atoms with E-state index in [0.29, 0.717) is 19.3 Å². The molecule has 0 aromatic rings. The maximum Gasteiger partial charge on any atom is 0.306 e. The van der Waals surface area contributed by atoms with Crippen molar-refractivity contribution >= 4 is 17.9 Å². The second-order valence-corrected chi connectivity index (χ2v) is 24.2. The molecule has 1 atom stereocenters. The predicted octanol–water partition coefficient (Wildman–Crippen LogP) is 21.8. The molecule has 428 valence electrons. The standard InChI is InChI=1S/C66H128O6/c1-60(2)52-46-40-34-28-22-16-12-9-7-8-10-14-18-25-31-37-43-49-55-64(67)70-58-63(59-71-65(68)56-50-44-38-32-26-21-20-24-30-36-42-48-54-62(5)6)72-66(69)57-51-45-39-33-27-19-15-11-13-17-23-29-35-41-47-53-61(3)4/h60-63H,7-59H2,1-6H3/t63-/m1/s1. The molecule has 0 aromatic heterocycles. The quantitative estimate of drug-likeness (QED) is 0.0343. The van der Waals surface area contributed by atoms with Crippen LogP contribution in [0.1, 0.15) is 369 Å². The number of ether oxygens (including phenoxy) is 3. The number of unbranched alkanes of at least 4 members (excludes halogenated alkanes) is 42. The first-order valence-corrected chi connectivity index (χ1v) is 32.6. The van der Waals surface area contributed by atoms with Crippen LogP contribution in [0.3, 0.4) is 0 Å². The van der Waals surface area contributed by atoms with Gasteiger partial charge >= 0.3 is 17.9 Å². The maximum atomic E-state index is 12.9. The van der Waals surface area contributed by atoms with Gasteiger partial charge in [-0.3, -0.25) is 14.4 Å². The lowest BCUT2D eigenvalue weighted by Gasteiger charge is -2.18. The Morgan fingerprint density at radius 1 is 0.236 bits per heavy atom. The van der Waals surface area contributed by atoms with Gasteiger partial charge in [-0.2, -0.15) is 0 Å². The van der Waals surface area contributed by atoms with E-state index in [2.05, 4.69) is 41.5 Å². The van der Waals surface area contributed by atoms with Gasteiger partial charge in [0.15, 0.2) is 6.10 Å². The number of hydrogen-bond donors (Lipinski definition) is 0. The van der Waals surface area contributed by atoms with Crippen molar-refractivity contribution in [3.05, 3.63) is 0 Å². The lowest BCUT2D eigenvalue weighted by atomic mass is 10.0. The lowest BCUT2D eigenvalue weighted by molar-refractivity contribution is -0.167. The topological polar surface area (TPSA) is 78.9 Å². The summed E-state index contributed by atoms with van der Waals surface area (Å²) in [5.74, 6) is 1.71. The lowest BCUT2D eigenvalue weighted by Crippen LogP contribution is -2.30. The Kier molecular flexibility index (Phi) is 55.9. The Morgan fingerprint density at radius 2 is 0.403 bits per heavy atom. The fraction of sp³-hybridized carbons (Fsp3) is 0.955. The first-order chi connectivity index (χ1) is 35.1. The van der Waals surface area contributed by atoms with Gasteiger partial charge in [-0.15, -0.1) is 0 Å². The molecule has 0 radical (unpaired) electrons. The van der Waals surface area contributed by atoms with Crippen LogP contribution in [0.15, 0.2) is 0 Å². The number of carbonyl (C=O) groups is 3. The average molecular weight is 1020 g/mol. The van der Waals surface area contributed by atoms with Gasteiger partial charge in [0.05, 0.1) is 0 Å². The molecule has 0 amide bonds. The zero-order valence-corrected chi connectivity index (χ0v) is 49.7. The van der Waals surface area contributed by atoms with Crippen LogP contribution in [-0.4, -0.2) is 37.2 Å². The molecule has 0 aromatic carbocycles. The highest BCUT2D eigenvalue weighted by atomic mass is 16.6. The van der Waals surface area contributed by atoms with E-state index >= 15 is 0 Å². The van der Waals surface area contributed by atoms with E-state index in [4.69, 9.17) is 14.2 Å². The van der Waals surface area contributed by atoms with Crippen molar-refractivity contribution in [1.82, 2.24) is 0 Å². The van der Waals surface area contributed by atoms with E-state index in [-0.39, 0.29) is 31.1 Å². The van der Waals surface area contributed by atoms with Crippen molar-refractivity contribution in [2.75, 3.05) is 13.2 Å². The van der Waals surface area contributed by atoms with E-state index in [1.165, 1.54) is 250 Å². The van der Waals surface area contributed by atoms with E-state index in [9.17, 15) is 14.4 Å². The van der Waals surface area contributed by atoms with Gasteiger partial charge in [0, 0.05) is 19.3 Å². The van der Waals surface area contributed by atoms with E-state index < -0.39 is 6.10 Å². The van der Waals surface area contributed by atoms with Crippen LogP contribution < -0.4 is 0 Å². The van der Waals surface area contributed by atoms with Crippen molar-refractivity contribution in [2.45, 2.75) is 375 Å². The summed E-state index contributed by atoms with van der Waals surface area (Å²) < 4.78 is 17.0. The van der Waals surface area contributed by atoms with Crippen LogP contribution in [0.2, 0.25) is 0 Å². The Bertz CT molecular complexity index is 1120. The second-order valence-electron chi connectivity index (χ2n) is 24.2. The number of rotatable bonds is 59. The highest BCUT2D eigenvalue weighted by molar-refractivity contribution is 5.71. The van der Waals surface area contributed by atoms with E-state index in [0.717, 1.165) is 75.5 Å². The molecule has 0 bridgehead atoms. The molecule has 0 unspecified atom stereocenters. The number of carbonyl (C=O) groups excluding carboxylic acids is 3. The molecule has 0 saturated heterocycles. The molecule has 72 heavy (non-hydrogen) atoms. The molecule has 0 aliphatic rings. The minimum Gasteiger partial charge on any atom is -0.462 e. The molecule has 0 heterocycles. The largest absolute Gasteiger partial charge is 0.462 e. The molecule has 0 spiro atoms. The fourth-order valence-corrected chi connectivity index (χ4v) is 10.2. The normalized spacial score (nSPS) is 12.1. The second kappa shape index (κ2) is 57.1. The number of esters is 3. The Morgan fingerprint density at radius 3 is 0.597 bits per heavy atom. The molecular formula is C66H128O6. The number of hydrogen-bond acceptors (Lipinski definition) is 6. The van der Waals surface area contributed by atoms with Crippen LogP contribution in [-0.2, 0) is 28.6 Å².